The van der Waals surface area contributed by atoms with Gasteiger partial charge in [0.05, 0.1) is 0 Å². The van der Waals surface area contributed by atoms with Crippen molar-refractivity contribution in [2.75, 3.05) is 23.3 Å². The molecule has 0 bridgehead atoms. The second-order valence-electron chi connectivity index (χ2n) is 5.36. The Kier molecular flexibility index (Phi) is 4.43. The van der Waals surface area contributed by atoms with Crippen LogP contribution in [0.4, 0.5) is 5.82 Å². The summed E-state index contributed by atoms with van der Waals surface area (Å²) in [6.07, 6.45) is 4.65. The van der Waals surface area contributed by atoms with Crippen molar-refractivity contribution in [2.45, 2.75) is 26.8 Å². The second kappa shape index (κ2) is 5.87. The molecule has 0 amide bonds. The van der Waals surface area contributed by atoms with Crippen LogP contribution >= 0.6 is 15.9 Å². The fourth-order valence-electron chi connectivity index (χ4n) is 2.34. The average Bonchev–Trinajstić information content (AvgIpc) is 2.80. The molecular weight excluding hydrogens is 294 g/mol. The van der Waals surface area contributed by atoms with Gasteiger partial charge in [0.15, 0.2) is 5.82 Å². The first-order valence-electron chi connectivity index (χ1n) is 6.48. The summed E-state index contributed by atoms with van der Waals surface area (Å²) in [5.41, 5.74) is 0.0430. The minimum Gasteiger partial charge on any atom is -0.352 e. The van der Waals surface area contributed by atoms with E-state index in [4.69, 9.17) is 0 Å². The molecule has 0 radical (unpaired) electrons. The summed E-state index contributed by atoms with van der Waals surface area (Å²) in [7, 11) is 0. The van der Waals surface area contributed by atoms with Crippen LogP contribution in [0, 0.1) is 11.8 Å². The van der Waals surface area contributed by atoms with Gasteiger partial charge in [0.25, 0.3) is 5.56 Å². The van der Waals surface area contributed by atoms with Crippen LogP contribution in [0.25, 0.3) is 0 Å². The van der Waals surface area contributed by atoms with Crippen LogP contribution in [-0.2, 0) is 6.54 Å². The highest BCUT2D eigenvalue weighted by Gasteiger charge is 2.24. The van der Waals surface area contributed by atoms with Crippen LogP contribution in [-0.4, -0.2) is 28.0 Å². The molecule has 1 unspecified atom stereocenters. The number of aromatic nitrogens is 2. The van der Waals surface area contributed by atoms with Crippen LogP contribution < -0.4 is 10.5 Å². The van der Waals surface area contributed by atoms with Crippen molar-refractivity contribution >= 4 is 21.7 Å². The van der Waals surface area contributed by atoms with Crippen LogP contribution in [0.5, 0.6) is 0 Å². The molecular formula is C13H20BrN3O. The molecule has 1 aromatic rings. The third-order valence-corrected chi connectivity index (χ3v) is 4.18. The largest absolute Gasteiger partial charge is 0.352 e. The van der Waals surface area contributed by atoms with Gasteiger partial charge in [-0.3, -0.25) is 4.79 Å². The van der Waals surface area contributed by atoms with Gasteiger partial charge in [0, 0.05) is 37.4 Å². The summed E-state index contributed by atoms with van der Waals surface area (Å²) in [4.78, 5) is 18.7. The molecule has 2 heterocycles. The van der Waals surface area contributed by atoms with Gasteiger partial charge in [0.1, 0.15) is 0 Å². The Morgan fingerprint density at radius 2 is 2.33 bits per heavy atom. The predicted octanol–water partition coefficient (Wildman–Crippen LogP) is 2.12. The number of halogens is 1. The van der Waals surface area contributed by atoms with Gasteiger partial charge < -0.3 is 9.47 Å². The van der Waals surface area contributed by atoms with E-state index in [2.05, 4.69) is 39.7 Å². The molecule has 0 saturated carbocycles. The molecule has 0 aromatic carbocycles. The molecule has 1 fully saturated rings. The Bertz CT molecular complexity index is 458. The van der Waals surface area contributed by atoms with Crippen molar-refractivity contribution in [1.29, 1.82) is 0 Å². The van der Waals surface area contributed by atoms with E-state index in [0.717, 1.165) is 31.4 Å². The first-order chi connectivity index (χ1) is 8.61. The molecule has 18 heavy (non-hydrogen) atoms. The van der Waals surface area contributed by atoms with Crippen LogP contribution in [0.3, 0.4) is 0 Å². The summed E-state index contributed by atoms with van der Waals surface area (Å²) >= 11 is 3.51. The molecule has 2 rings (SSSR count). The highest BCUT2D eigenvalue weighted by molar-refractivity contribution is 9.09. The average molecular weight is 314 g/mol. The molecule has 0 spiro atoms. The van der Waals surface area contributed by atoms with E-state index in [0.29, 0.717) is 17.7 Å². The SMILES string of the molecule is CC(C)Cn1ccnc(N2CCC(CBr)C2)c1=O. The maximum absolute atomic E-state index is 12.3. The number of hydrogen-bond acceptors (Lipinski definition) is 3. The summed E-state index contributed by atoms with van der Waals surface area (Å²) in [5.74, 6) is 1.71. The molecule has 1 saturated heterocycles. The third-order valence-electron chi connectivity index (χ3n) is 3.26. The van der Waals surface area contributed by atoms with Crippen molar-refractivity contribution < 1.29 is 0 Å². The Morgan fingerprint density at radius 1 is 1.56 bits per heavy atom. The van der Waals surface area contributed by atoms with Crippen molar-refractivity contribution in [2.24, 2.45) is 11.8 Å². The first-order valence-corrected chi connectivity index (χ1v) is 7.60. The van der Waals surface area contributed by atoms with Gasteiger partial charge in [-0.25, -0.2) is 4.98 Å². The molecule has 1 aromatic heterocycles. The third kappa shape index (κ3) is 2.94. The van der Waals surface area contributed by atoms with Crippen molar-refractivity contribution in [3.63, 3.8) is 0 Å². The van der Waals surface area contributed by atoms with Gasteiger partial charge in [-0.2, -0.15) is 0 Å². The lowest BCUT2D eigenvalue weighted by Crippen LogP contribution is -2.32. The van der Waals surface area contributed by atoms with E-state index in [1.807, 2.05) is 0 Å². The summed E-state index contributed by atoms with van der Waals surface area (Å²) in [5, 5.41) is 0.997. The van der Waals surface area contributed by atoms with Crippen molar-refractivity contribution in [3.8, 4) is 0 Å². The number of alkyl halides is 1. The van der Waals surface area contributed by atoms with E-state index in [1.165, 1.54) is 0 Å². The molecule has 1 aliphatic rings. The van der Waals surface area contributed by atoms with E-state index in [-0.39, 0.29) is 5.56 Å². The number of nitrogens with zero attached hydrogens (tertiary/aromatic N) is 3. The summed E-state index contributed by atoms with van der Waals surface area (Å²) < 4.78 is 1.77. The summed E-state index contributed by atoms with van der Waals surface area (Å²) in [6.45, 7) is 6.85. The monoisotopic (exact) mass is 313 g/mol. The summed E-state index contributed by atoms with van der Waals surface area (Å²) in [6, 6.07) is 0. The quantitative estimate of drug-likeness (QED) is 0.799. The minimum atomic E-state index is 0.0430. The Hall–Kier alpha value is -0.840. The Balaban J connectivity index is 2.21. The Labute approximate surface area is 116 Å². The smallest absolute Gasteiger partial charge is 0.293 e. The van der Waals surface area contributed by atoms with Crippen LogP contribution in [0.15, 0.2) is 17.2 Å². The first kappa shape index (κ1) is 13.6. The van der Waals surface area contributed by atoms with E-state index in [9.17, 15) is 4.79 Å². The second-order valence-corrected chi connectivity index (χ2v) is 6.00. The van der Waals surface area contributed by atoms with Crippen LogP contribution in [0.2, 0.25) is 0 Å². The lowest BCUT2D eigenvalue weighted by atomic mass is 10.2. The maximum atomic E-state index is 12.3. The molecule has 5 heteroatoms. The topological polar surface area (TPSA) is 38.1 Å². The molecule has 4 nitrogen and oxygen atoms in total. The molecule has 1 aliphatic heterocycles. The zero-order chi connectivity index (χ0) is 13.1. The molecule has 0 N–H and O–H groups in total. The maximum Gasteiger partial charge on any atom is 0.293 e. The highest BCUT2D eigenvalue weighted by Crippen LogP contribution is 2.20. The Morgan fingerprint density at radius 3 is 2.94 bits per heavy atom. The zero-order valence-corrected chi connectivity index (χ0v) is 12.6. The molecule has 1 atom stereocenters. The predicted molar refractivity (Wildman–Crippen MR) is 77.4 cm³/mol. The van der Waals surface area contributed by atoms with Gasteiger partial charge >= 0.3 is 0 Å². The van der Waals surface area contributed by atoms with E-state index < -0.39 is 0 Å². The van der Waals surface area contributed by atoms with Crippen molar-refractivity contribution in [3.05, 3.63) is 22.7 Å². The zero-order valence-electron chi connectivity index (χ0n) is 11.0. The standard InChI is InChI=1S/C13H20BrN3O/c1-10(2)8-17-6-4-15-12(13(17)18)16-5-3-11(7-14)9-16/h4,6,10-11H,3,5,7-9H2,1-2H3. The van der Waals surface area contributed by atoms with E-state index >= 15 is 0 Å². The van der Waals surface area contributed by atoms with Crippen molar-refractivity contribution in [1.82, 2.24) is 9.55 Å². The fraction of sp³-hybridized carbons (Fsp3) is 0.692. The van der Waals surface area contributed by atoms with Gasteiger partial charge in [-0.1, -0.05) is 29.8 Å². The van der Waals surface area contributed by atoms with Gasteiger partial charge in [0.2, 0.25) is 0 Å². The minimum absolute atomic E-state index is 0.0430. The van der Waals surface area contributed by atoms with Gasteiger partial charge in [-0.05, 0) is 18.3 Å². The fourth-order valence-corrected chi connectivity index (χ4v) is 2.87. The normalized spacial score (nSPS) is 19.8. The number of anilines is 1. The number of rotatable bonds is 4. The lowest BCUT2D eigenvalue weighted by molar-refractivity contribution is 0.508. The van der Waals surface area contributed by atoms with E-state index in [1.54, 1.807) is 17.0 Å². The van der Waals surface area contributed by atoms with Gasteiger partial charge in [-0.15, -0.1) is 0 Å². The number of hydrogen-bond donors (Lipinski definition) is 0. The lowest BCUT2D eigenvalue weighted by Gasteiger charge is -2.18. The molecule has 0 aliphatic carbocycles. The van der Waals surface area contributed by atoms with Crippen LogP contribution in [0.1, 0.15) is 20.3 Å². The molecule has 100 valence electrons. The highest BCUT2D eigenvalue weighted by atomic mass is 79.9.